The fourth-order valence-corrected chi connectivity index (χ4v) is 5.72. The molecule has 5 rings (SSSR count). The van der Waals surface area contributed by atoms with Gasteiger partial charge in [-0.1, -0.05) is 23.8 Å². The van der Waals surface area contributed by atoms with Crippen LogP contribution in [0.5, 0.6) is 0 Å². The van der Waals surface area contributed by atoms with Crippen molar-refractivity contribution in [3.63, 3.8) is 0 Å². The minimum atomic E-state index is -0.699. The predicted octanol–water partition coefficient (Wildman–Crippen LogP) is 2.47. The standard InChI is InChI=1S/C21H24N4O4.C13H21NO3/c1-24-19-14(5-3-13-29-15-9-11-22-12-10-15)4-2-6-16(19)25(21(24)28)17-7-8-18(26)23-20(17)27;1-5-10-16-11-6-8-14(9-7-11)12(15)17-13(2,3)4/h2,4,6,15,17,22H,7-13H2,1H3,(H,23,26,27);1,11H,6-10H2,2-4H3. The van der Waals surface area contributed by atoms with E-state index in [9.17, 15) is 19.2 Å². The van der Waals surface area contributed by atoms with Crippen molar-refractivity contribution in [2.45, 2.75) is 83.1 Å². The molecule has 0 spiro atoms. The summed E-state index contributed by atoms with van der Waals surface area (Å²) in [7, 11) is 1.67. The zero-order chi connectivity index (χ0) is 33.3. The number of likely N-dealkylation sites (tertiary alicyclic amines) is 1. The highest BCUT2D eigenvalue weighted by Gasteiger charge is 2.31. The van der Waals surface area contributed by atoms with Gasteiger partial charge in [0, 0.05) is 26.6 Å². The second kappa shape index (κ2) is 15.9. The van der Waals surface area contributed by atoms with E-state index in [4.69, 9.17) is 20.6 Å². The monoisotopic (exact) mass is 635 g/mol. The van der Waals surface area contributed by atoms with Crippen LogP contribution in [0.1, 0.15) is 70.9 Å². The highest BCUT2D eigenvalue weighted by Crippen LogP contribution is 2.24. The van der Waals surface area contributed by atoms with Gasteiger partial charge in [0.2, 0.25) is 11.8 Å². The van der Waals surface area contributed by atoms with Gasteiger partial charge in [-0.3, -0.25) is 24.0 Å². The molecule has 1 unspecified atom stereocenters. The molecule has 1 aromatic heterocycles. The first-order valence-electron chi connectivity index (χ1n) is 15.9. The molecular weight excluding hydrogens is 590 g/mol. The number of amides is 3. The zero-order valence-corrected chi connectivity index (χ0v) is 27.2. The Morgan fingerprint density at radius 2 is 1.67 bits per heavy atom. The Hall–Kier alpha value is -4.10. The average molecular weight is 636 g/mol. The molecule has 4 heterocycles. The highest BCUT2D eigenvalue weighted by atomic mass is 16.6. The number of piperidine rings is 3. The minimum Gasteiger partial charge on any atom is -0.444 e. The van der Waals surface area contributed by atoms with Gasteiger partial charge in [0.15, 0.2) is 0 Å². The number of nitrogens with zero attached hydrogens (tertiary/aromatic N) is 3. The van der Waals surface area contributed by atoms with E-state index in [0.717, 1.165) is 38.8 Å². The molecule has 3 aliphatic rings. The molecule has 0 bridgehead atoms. The van der Waals surface area contributed by atoms with Crippen LogP contribution in [0.3, 0.4) is 0 Å². The summed E-state index contributed by atoms with van der Waals surface area (Å²) in [6, 6.07) is 4.78. The number of fused-ring (bicyclic) bond motifs is 1. The van der Waals surface area contributed by atoms with Crippen LogP contribution >= 0.6 is 0 Å². The van der Waals surface area contributed by atoms with Gasteiger partial charge in [-0.25, -0.2) is 9.59 Å². The Bertz CT molecular complexity index is 1550. The maximum atomic E-state index is 12.9. The van der Waals surface area contributed by atoms with Crippen LogP contribution in [0.25, 0.3) is 11.0 Å². The van der Waals surface area contributed by atoms with E-state index in [-0.39, 0.29) is 36.3 Å². The van der Waals surface area contributed by atoms with Crippen LogP contribution in [0.4, 0.5) is 4.79 Å². The summed E-state index contributed by atoms with van der Waals surface area (Å²) < 4.78 is 19.6. The lowest BCUT2D eigenvalue weighted by Crippen LogP contribution is -2.44. The van der Waals surface area contributed by atoms with Crippen molar-refractivity contribution < 1.29 is 28.6 Å². The Balaban J connectivity index is 0.000000242. The molecule has 2 aromatic rings. The van der Waals surface area contributed by atoms with Crippen LogP contribution in [-0.2, 0) is 30.8 Å². The van der Waals surface area contributed by atoms with Crippen molar-refractivity contribution in [3.05, 3.63) is 34.2 Å². The van der Waals surface area contributed by atoms with E-state index in [1.54, 1.807) is 18.0 Å². The fraction of sp³-hybridized carbons (Fsp3) is 0.588. The molecule has 248 valence electrons. The van der Waals surface area contributed by atoms with E-state index >= 15 is 0 Å². The number of imide groups is 1. The molecule has 12 heteroatoms. The van der Waals surface area contributed by atoms with Gasteiger partial charge in [0.1, 0.15) is 24.9 Å². The summed E-state index contributed by atoms with van der Waals surface area (Å²) in [5, 5.41) is 5.62. The molecule has 1 atom stereocenters. The summed E-state index contributed by atoms with van der Waals surface area (Å²) in [5.74, 6) is 7.87. The number of terminal acetylenes is 1. The van der Waals surface area contributed by atoms with E-state index in [0.29, 0.717) is 49.3 Å². The number of nitrogens with one attached hydrogen (secondary N) is 2. The predicted molar refractivity (Wildman–Crippen MR) is 173 cm³/mol. The molecule has 46 heavy (non-hydrogen) atoms. The molecule has 12 nitrogen and oxygen atoms in total. The number of para-hydroxylation sites is 1. The number of carbonyl (C=O) groups excluding carboxylic acids is 3. The van der Waals surface area contributed by atoms with Gasteiger partial charge in [-0.2, -0.15) is 0 Å². The summed E-state index contributed by atoms with van der Waals surface area (Å²) >= 11 is 0. The largest absolute Gasteiger partial charge is 0.444 e. The van der Waals surface area contributed by atoms with Gasteiger partial charge in [0.25, 0.3) is 0 Å². The number of hydrogen-bond acceptors (Lipinski definition) is 8. The van der Waals surface area contributed by atoms with E-state index in [1.165, 1.54) is 9.13 Å². The second-order valence-corrected chi connectivity index (χ2v) is 12.6. The topological polar surface area (TPSA) is 133 Å². The molecule has 2 N–H and O–H groups in total. The molecule has 3 amide bonds. The summed E-state index contributed by atoms with van der Waals surface area (Å²) in [4.78, 5) is 50.1. The first-order valence-corrected chi connectivity index (χ1v) is 15.9. The summed E-state index contributed by atoms with van der Waals surface area (Å²) in [6.45, 7) is 9.56. The third-order valence-electron chi connectivity index (χ3n) is 8.02. The van der Waals surface area contributed by atoms with Crippen LogP contribution in [-0.4, -0.2) is 89.1 Å². The van der Waals surface area contributed by atoms with E-state index in [1.807, 2.05) is 32.9 Å². The first kappa shape index (κ1) is 34.8. The zero-order valence-electron chi connectivity index (χ0n) is 27.2. The molecule has 3 saturated heterocycles. The first-order chi connectivity index (χ1) is 22.0. The second-order valence-electron chi connectivity index (χ2n) is 12.6. The number of carbonyl (C=O) groups is 3. The molecule has 0 radical (unpaired) electrons. The lowest BCUT2D eigenvalue weighted by Gasteiger charge is -2.33. The Morgan fingerprint density at radius 3 is 2.33 bits per heavy atom. The molecule has 0 aliphatic carbocycles. The van der Waals surface area contributed by atoms with Crippen molar-refractivity contribution in [1.82, 2.24) is 24.7 Å². The molecule has 1 aromatic carbocycles. The van der Waals surface area contributed by atoms with E-state index < -0.39 is 17.6 Å². The van der Waals surface area contributed by atoms with Gasteiger partial charge >= 0.3 is 11.8 Å². The lowest BCUT2D eigenvalue weighted by atomic mass is 10.1. The van der Waals surface area contributed by atoms with E-state index in [2.05, 4.69) is 28.4 Å². The number of benzene rings is 1. The minimum absolute atomic E-state index is 0.171. The summed E-state index contributed by atoms with van der Waals surface area (Å²) in [6.07, 6.45) is 9.43. The number of aryl methyl sites for hydroxylation is 1. The molecular formula is C34H45N5O7. The van der Waals surface area contributed by atoms with Crippen molar-refractivity contribution in [2.24, 2.45) is 7.05 Å². The molecule has 3 aliphatic heterocycles. The van der Waals surface area contributed by atoms with Gasteiger partial charge in [-0.15, -0.1) is 6.42 Å². The number of rotatable bonds is 5. The Labute approximate surface area is 270 Å². The maximum Gasteiger partial charge on any atom is 0.410 e. The molecule has 0 saturated carbocycles. The SMILES string of the molecule is C#CCOC1CCN(C(=O)OC(C)(C)C)CC1.Cn1c(=O)n(C2CCC(=O)NC2=O)c2cccc(C#CCOC3CCNCC3)c21. The normalized spacial score (nSPS) is 19.4. The maximum absolute atomic E-state index is 12.9. The third-order valence-corrected chi connectivity index (χ3v) is 8.02. The number of aromatic nitrogens is 2. The van der Waals surface area contributed by atoms with Crippen molar-refractivity contribution in [2.75, 3.05) is 39.4 Å². The fourth-order valence-electron chi connectivity index (χ4n) is 5.72. The van der Waals surface area contributed by atoms with Crippen LogP contribution in [0.15, 0.2) is 23.0 Å². The Kier molecular flexibility index (Phi) is 12.1. The number of hydrogen-bond donors (Lipinski definition) is 2. The molecule has 3 fully saturated rings. The van der Waals surface area contributed by atoms with Crippen molar-refractivity contribution in [1.29, 1.82) is 0 Å². The van der Waals surface area contributed by atoms with Gasteiger partial charge in [-0.05, 0) is 78.1 Å². The average Bonchev–Trinajstić information content (AvgIpc) is 3.28. The highest BCUT2D eigenvalue weighted by molar-refractivity contribution is 6.00. The van der Waals surface area contributed by atoms with Gasteiger partial charge < -0.3 is 24.4 Å². The number of ether oxygens (including phenoxy) is 3. The third kappa shape index (κ3) is 9.23. The lowest BCUT2D eigenvalue weighted by molar-refractivity contribution is -0.135. The Morgan fingerprint density at radius 1 is 1.00 bits per heavy atom. The number of imidazole rings is 1. The van der Waals surface area contributed by atoms with Crippen LogP contribution in [0, 0.1) is 24.2 Å². The smallest absolute Gasteiger partial charge is 0.410 e. The van der Waals surface area contributed by atoms with Gasteiger partial charge in [0.05, 0.1) is 28.8 Å². The van der Waals surface area contributed by atoms with Crippen molar-refractivity contribution >= 4 is 28.9 Å². The van der Waals surface area contributed by atoms with Crippen LogP contribution < -0.4 is 16.3 Å². The van der Waals surface area contributed by atoms with Crippen LogP contribution in [0.2, 0.25) is 0 Å². The van der Waals surface area contributed by atoms with Crippen molar-refractivity contribution in [3.8, 4) is 24.2 Å². The quantitative estimate of drug-likeness (QED) is 0.378. The summed E-state index contributed by atoms with van der Waals surface area (Å²) in [5.41, 5.74) is 1.29.